The Hall–Kier alpha value is -1.62. The van der Waals surface area contributed by atoms with E-state index in [-0.39, 0.29) is 11.8 Å². The van der Waals surface area contributed by atoms with Gasteiger partial charge in [0.05, 0.1) is 0 Å². The molecule has 0 saturated carbocycles. The number of carbonyl (C=O) groups excluding carboxylic acids is 1. The highest BCUT2D eigenvalue weighted by atomic mass is 32.1. The molecule has 1 rings (SSSR count). The molecule has 4 nitrogen and oxygen atoms in total. The van der Waals surface area contributed by atoms with E-state index in [1.165, 1.54) is 11.3 Å². The van der Waals surface area contributed by atoms with Gasteiger partial charge in [0.25, 0.3) is 0 Å². The van der Waals surface area contributed by atoms with E-state index in [0.29, 0.717) is 6.54 Å². The van der Waals surface area contributed by atoms with Gasteiger partial charge in [0.1, 0.15) is 0 Å². The summed E-state index contributed by atoms with van der Waals surface area (Å²) in [7, 11) is 1.77. The lowest BCUT2D eigenvalue weighted by Gasteiger charge is -2.18. The third kappa shape index (κ3) is 4.33. The molecule has 5 heteroatoms. The van der Waals surface area contributed by atoms with Crippen molar-refractivity contribution in [1.82, 2.24) is 4.90 Å². The summed E-state index contributed by atoms with van der Waals surface area (Å²) in [6.45, 7) is 4.29. The molecule has 18 heavy (non-hydrogen) atoms. The first-order valence-corrected chi connectivity index (χ1v) is 6.51. The van der Waals surface area contributed by atoms with Gasteiger partial charge in [0, 0.05) is 30.5 Å². The van der Waals surface area contributed by atoms with Gasteiger partial charge in [0.2, 0.25) is 5.91 Å². The predicted molar refractivity (Wildman–Crippen MR) is 72.3 cm³/mol. The molecule has 0 unspecified atom stereocenters. The number of hydrogen-bond donors (Lipinski definition) is 1. The van der Waals surface area contributed by atoms with Crippen LogP contribution in [-0.4, -0.2) is 28.9 Å². The molecule has 0 radical (unpaired) electrons. The Labute approximate surface area is 111 Å². The molecule has 0 aliphatic rings. The average molecular weight is 267 g/mol. The third-order valence-corrected chi connectivity index (χ3v) is 3.30. The standard InChI is InChI=1S/C13H17NO3S/c1-9(2)13(17)14(3)7-10-6-11(18-8-10)4-5-12(15)16/h4-6,8-9H,7H2,1-3H3,(H,15,16). The summed E-state index contributed by atoms with van der Waals surface area (Å²) in [5.74, 6) is -0.874. The van der Waals surface area contributed by atoms with Crippen LogP contribution in [0.25, 0.3) is 6.08 Å². The molecule has 1 amide bonds. The number of nitrogens with zero attached hydrogens (tertiary/aromatic N) is 1. The summed E-state index contributed by atoms with van der Waals surface area (Å²) >= 11 is 1.47. The van der Waals surface area contributed by atoms with Crippen molar-refractivity contribution in [2.75, 3.05) is 7.05 Å². The van der Waals surface area contributed by atoms with Crippen molar-refractivity contribution in [3.63, 3.8) is 0 Å². The molecule has 0 aromatic carbocycles. The molecule has 0 aliphatic heterocycles. The summed E-state index contributed by atoms with van der Waals surface area (Å²) in [5, 5.41) is 10.5. The van der Waals surface area contributed by atoms with Crippen LogP contribution in [0.15, 0.2) is 17.5 Å². The molecule has 0 saturated heterocycles. The first-order chi connectivity index (χ1) is 8.40. The van der Waals surface area contributed by atoms with Gasteiger partial charge in [-0.2, -0.15) is 0 Å². The maximum absolute atomic E-state index is 11.7. The molecule has 98 valence electrons. The molecule has 1 heterocycles. The van der Waals surface area contributed by atoms with Crippen molar-refractivity contribution in [2.24, 2.45) is 5.92 Å². The summed E-state index contributed by atoms with van der Waals surface area (Å²) in [5.41, 5.74) is 1.02. The van der Waals surface area contributed by atoms with Gasteiger partial charge in [0.15, 0.2) is 0 Å². The fourth-order valence-electron chi connectivity index (χ4n) is 1.51. The fraction of sp³-hybridized carbons (Fsp3) is 0.385. The topological polar surface area (TPSA) is 57.6 Å². The Morgan fingerprint density at radius 1 is 1.50 bits per heavy atom. The molecular formula is C13H17NO3S. The van der Waals surface area contributed by atoms with E-state index in [4.69, 9.17) is 5.11 Å². The number of thiophene rings is 1. The van der Waals surface area contributed by atoms with Gasteiger partial charge in [-0.3, -0.25) is 4.79 Å². The number of carbonyl (C=O) groups is 2. The number of carboxylic acid groups (broad SMARTS) is 1. The molecule has 0 bridgehead atoms. The summed E-state index contributed by atoms with van der Waals surface area (Å²) in [6.07, 6.45) is 2.67. The lowest BCUT2D eigenvalue weighted by atomic mass is 10.2. The van der Waals surface area contributed by atoms with Crippen molar-refractivity contribution in [3.8, 4) is 0 Å². The quantitative estimate of drug-likeness (QED) is 0.834. The zero-order chi connectivity index (χ0) is 13.7. The van der Waals surface area contributed by atoms with Crippen LogP contribution in [-0.2, 0) is 16.1 Å². The van der Waals surface area contributed by atoms with Gasteiger partial charge < -0.3 is 10.0 Å². The highest BCUT2D eigenvalue weighted by Gasteiger charge is 2.13. The lowest BCUT2D eigenvalue weighted by molar-refractivity contribution is -0.133. The monoisotopic (exact) mass is 267 g/mol. The first-order valence-electron chi connectivity index (χ1n) is 5.63. The minimum absolute atomic E-state index is 0.0139. The van der Waals surface area contributed by atoms with E-state index in [0.717, 1.165) is 16.5 Å². The summed E-state index contributed by atoms with van der Waals surface area (Å²) in [6, 6.07) is 1.90. The minimum atomic E-state index is -0.961. The minimum Gasteiger partial charge on any atom is -0.478 e. The van der Waals surface area contributed by atoms with Crippen LogP contribution in [0, 0.1) is 5.92 Å². The maximum atomic E-state index is 11.7. The summed E-state index contributed by atoms with van der Waals surface area (Å²) < 4.78 is 0. The molecule has 1 N–H and O–H groups in total. The highest BCUT2D eigenvalue weighted by molar-refractivity contribution is 7.11. The Morgan fingerprint density at radius 3 is 2.72 bits per heavy atom. The number of aliphatic carboxylic acids is 1. The van der Waals surface area contributed by atoms with Crippen molar-refractivity contribution in [3.05, 3.63) is 28.0 Å². The Bertz CT molecular complexity index is 463. The van der Waals surface area contributed by atoms with Gasteiger partial charge in [-0.15, -0.1) is 11.3 Å². The third-order valence-electron chi connectivity index (χ3n) is 2.35. The van der Waals surface area contributed by atoms with Crippen LogP contribution >= 0.6 is 11.3 Å². The zero-order valence-corrected chi connectivity index (χ0v) is 11.5. The SMILES string of the molecule is CC(C)C(=O)N(C)Cc1csc(C=CC(=O)O)c1. The van der Waals surface area contributed by atoms with E-state index in [2.05, 4.69) is 0 Å². The van der Waals surface area contributed by atoms with Gasteiger partial charge in [-0.25, -0.2) is 4.79 Å². The number of carboxylic acids is 1. The Morgan fingerprint density at radius 2 is 2.17 bits per heavy atom. The van der Waals surface area contributed by atoms with Crippen LogP contribution in [0.4, 0.5) is 0 Å². The van der Waals surface area contributed by atoms with Gasteiger partial charge >= 0.3 is 5.97 Å². The summed E-state index contributed by atoms with van der Waals surface area (Å²) in [4.78, 5) is 24.6. The maximum Gasteiger partial charge on any atom is 0.328 e. The number of hydrogen-bond acceptors (Lipinski definition) is 3. The molecule has 1 aromatic heterocycles. The van der Waals surface area contributed by atoms with E-state index in [9.17, 15) is 9.59 Å². The molecule has 0 atom stereocenters. The second kappa shape index (κ2) is 6.35. The van der Waals surface area contributed by atoms with Crippen molar-refractivity contribution < 1.29 is 14.7 Å². The number of rotatable bonds is 5. The van der Waals surface area contributed by atoms with Crippen LogP contribution in [0.5, 0.6) is 0 Å². The van der Waals surface area contributed by atoms with Crippen LogP contribution < -0.4 is 0 Å². The Balaban J connectivity index is 2.64. The Kier molecular flexibility index (Phi) is 5.09. The molecule has 0 fully saturated rings. The van der Waals surface area contributed by atoms with Crippen LogP contribution in [0.1, 0.15) is 24.3 Å². The van der Waals surface area contributed by atoms with E-state index in [1.54, 1.807) is 18.0 Å². The predicted octanol–water partition coefficient (Wildman–Crippen LogP) is 2.46. The zero-order valence-electron chi connectivity index (χ0n) is 10.7. The second-order valence-electron chi connectivity index (χ2n) is 4.38. The highest BCUT2D eigenvalue weighted by Crippen LogP contribution is 2.18. The first kappa shape index (κ1) is 14.4. The second-order valence-corrected chi connectivity index (χ2v) is 5.32. The average Bonchev–Trinajstić information content (AvgIpc) is 2.72. The van der Waals surface area contributed by atoms with E-state index in [1.807, 2.05) is 25.3 Å². The van der Waals surface area contributed by atoms with Crippen molar-refractivity contribution >= 4 is 29.3 Å². The van der Waals surface area contributed by atoms with Crippen LogP contribution in [0.2, 0.25) is 0 Å². The van der Waals surface area contributed by atoms with E-state index >= 15 is 0 Å². The number of amides is 1. The molecule has 0 aliphatic carbocycles. The fourth-order valence-corrected chi connectivity index (χ4v) is 2.31. The molecule has 1 aromatic rings. The molecule has 0 spiro atoms. The van der Waals surface area contributed by atoms with Crippen LogP contribution in [0.3, 0.4) is 0 Å². The largest absolute Gasteiger partial charge is 0.478 e. The smallest absolute Gasteiger partial charge is 0.328 e. The van der Waals surface area contributed by atoms with Gasteiger partial charge in [-0.1, -0.05) is 13.8 Å². The lowest BCUT2D eigenvalue weighted by Crippen LogP contribution is -2.29. The molecular weight excluding hydrogens is 250 g/mol. The van der Waals surface area contributed by atoms with Crippen molar-refractivity contribution in [1.29, 1.82) is 0 Å². The van der Waals surface area contributed by atoms with Crippen molar-refractivity contribution in [2.45, 2.75) is 20.4 Å². The van der Waals surface area contributed by atoms with E-state index < -0.39 is 5.97 Å². The normalized spacial score (nSPS) is 11.1. The van der Waals surface area contributed by atoms with Gasteiger partial charge in [-0.05, 0) is 23.1 Å².